The van der Waals surface area contributed by atoms with Crippen molar-refractivity contribution in [3.05, 3.63) is 66.3 Å². The molecule has 0 heterocycles. The van der Waals surface area contributed by atoms with E-state index in [2.05, 4.69) is 6.58 Å². The Labute approximate surface area is 99.4 Å². The van der Waals surface area contributed by atoms with Gasteiger partial charge in [-0.2, -0.15) is 0 Å². The van der Waals surface area contributed by atoms with E-state index in [-0.39, 0.29) is 5.57 Å². The lowest BCUT2D eigenvalue weighted by atomic mass is 10.1. The van der Waals surface area contributed by atoms with Crippen LogP contribution < -0.4 is 0 Å². The van der Waals surface area contributed by atoms with Crippen LogP contribution in [0.2, 0.25) is 0 Å². The molecule has 3 nitrogen and oxygen atoms in total. The van der Waals surface area contributed by atoms with Gasteiger partial charge in [0.15, 0.2) is 5.78 Å². The molecule has 0 fully saturated rings. The van der Waals surface area contributed by atoms with Crippen molar-refractivity contribution in [2.24, 2.45) is 0 Å². The number of aliphatic carboxylic acids is 1. The van der Waals surface area contributed by atoms with Gasteiger partial charge in [-0.25, -0.2) is 4.79 Å². The first-order valence-electron chi connectivity index (χ1n) is 4.98. The average molecular weight is 228 g/mol. The summed E-state index contributed by atoms with van der Waals surface area (Å²) in [6.45, 7) is 3.25. The van der Waals surface area contributed by atoms with Crippen LogP contribution in [0.3, 0.4) is 0 Å². The largest absolute Gasteiger partial charge is 0.478 e. The molecule has 0 aliphatic rings. The molecule has 0 unspecified atom stereocenters. The molecule has 0 radical (unpaired) electrons. The van der Waals surface area contributed by atoms with Gasteiger partial charge < -0.3 is 5.11 Å². The van der Waals surface area contributed by atoms with E-state index in [0.29, 0.717) is 0 Å². The highest BCUT2D eigenvalue weighted by molar-refractivity contribution is 6.21. The number of carbonyl (C=O) groups excluding carboxylic acids is 1. The van der Waals surface area contributed by atoms with Crippen LogP contribution in [0.25, 0.3) is 6.08 Å². The predicted molar refractivity (Wildman–Crippen MR) is 66.4 cm³/mol. The normalized spacial score (nSPS) is 11.4. The Hall–Kier alpha value is -2.42. The van der Waals surface area contributed by atoms with Gasteiger partial charge in [0.2, 0.25) is 0 Å². The van der Waals surface area contributed by atoms with Crippen molar-refractivity contribution in [1.29, 1.82) is 0 Å². The van der Waals surface area contributed by atoms with Gasteiger partial charge in [-0.3, -0.25) is 4.79 Å². The fraction of sp³-hybridized carbons (Fsp3) is 0. The zero-order valence-corrected chi connectivity index (χ0v) is 9.17. The second kappa shape index (κ2) is 6.23. The lowest BCUT2D eigenvalue weighted by molar-refractivity contribution is -0.134. The van der Waals surface area contributed by atoms with Crippen LogP contribution in [0.1, 0.15) is 5.56 Å². The first-order chi connectivity index (χ1) is 8.15. The molecule has 0 aliphatic carbocycles. The molecule has 0 saturated carbocycles. The Morgan fingerprint density at radius 3 is 2.35 bits per heavy atom. The highest BCUT2D eigenvalue weighted by Gasteiger charge is 2.12. The lowest BCUT2D eigenvalue weighted by Gasteiger charge is -1.94. The minimum atomic E-state index is -1.26. The zero-order valence-electron chi connectivity index (χ0n) is 9.17. The average Bonchev–Trinajstić information content (AvgIpc) is 2.34. The third kappa shape index (κ3) is 3.91. The number of benzene rings is 1. The Balaban J connectivity index is 2.87. The molecule has 3 heteroatoms. The first kappa shape index (κ1) is 12.6. The minimum absolute atomic E-state index is 0.299. The van der Waals surface area contributed by atoms with Gasteiger partial charge in [-0.1, -0.05) is 49.1 Å². The van der Waals surface area contributed by atoms with Crippen LogP contribution in [-0.4, -0.2) is 16.9 Å². The summed E-state index contributed by atoms with van der Waals surface area (Å²) in [4.78, 5) is 22.0. The van der Waals surface area contributed by atoms with Crippen LogP contribution in [0.4, 0.5) is 0 Å². The maximum Gasteiger partial charge on any atom is 0.339 e. The third-order valence-electron chi connectivity index (χ3n) is 2.03. The van der Waals surface area contributed by atoms with E-state index in [0.717, 1.165) is 11.6 Å². The zero-order chi connectivity index (χ0) is 12.7. The van der Waals surface area contributed by atoms with E-state index in [9.17, 15) is 9.59 Å². The van der Waals surface area contributed by atoms with Crippen molar-refractivity contribution in [2.45, 2.75) is 0 Å². The fourth-order valence-corrected chi connectivity index (χ4v) is 1.19. The van der Waals surface area contributed by atoms with Gasteiger partial charge in [-0.15, -0.1) is 0 Å². The number of carbonyl (C=O) groups is 2. The predicted octanol–water partition coefficient (Wildman–Crippen LogP) is 2.47. The van der Waals surface area contributed by atoms with Crippen molar-refractivity contribution < 1.29 is 14.7 Å². The summed E-state index contributed by atoms with van der Waals surface area (Å²) in [5.41, 5.74) is 0.631. The van der Waals surface area contributed by atoms with Gasteiger partial charge in [0.25, 0.3) is 0 Å². The number of allylic oxidation sites excluding steroid dienone is 3. The number of rotatable bonds is 5. The molecule has 1 aromatic rings. The molecule has 0 aromatic heterocycles. The van der Waals surface area contributed by atoms with Crippen LogP contribution in [0.15, 0.2) is 60.7 Å². The van der Waals surface area contributed by atoms with Crippen molar-refractivity contribution in [3.8, 4) is 0 Å². The number of hydrogen-bond acceptors (Lipinski definition) is 2. The molecule has 0 amide bonds. The van der Waals surface area contributed by atoms with Crippen LogP contribution in [-0.2, 0) is 9.59 Å². The van der Waals surface area contributed by atoms with E-state index in [1.807, 2.05) is 30.3 Å². The molecule has 17 heavy (non-hydrogen) atoms. The Morgan fingerprint density at radius 1 is 1.18 bits per heavy atom. The van der Waals surface area contributed by atoms with E-state index in [1.54, 1.807) is 6.08 Å². The van der Waals surface area contributed by atoms with E-state index < -0.39 is 11.8 Å². The van der Waals surface area contributed by atoms with Crippen LogP contribution in [0, 0.1) is 0 Å². The highest BCUT2D eigenvalue weighted by atomic mass is 16.4. The van der Waals surface area contributed by atoms with Crippen molar-refractivity contribution in [3.63, 3.8) is 0 Å². The fourth-order valence-electron chi connectivity index (χ4n) is 1.19. The first-order valence-corrected chi connectivity index (χ1v) is 4.98. The van der Waals surface area contributed by atoms with Crippen molar-refractivity contribution in [2.75, 3.05) is 0 Å². The third-order valence-corrected chi connectivity index (χ3v) is 2.03. The lowest BCUT2D eigenvalue weighted by Crippen LogP contribution is -2.09. The molecule has 1 N–H and O–H groups in total. The minimum Gasteiger partial charge on any atom is -0.478 e. The second-order valence-corrected chi connectivity index (χ2v) is 3.22. The molecule has 1 aromatic carbocycles. The van der Waals surface area contributed by atoms with E-state index in [4.69, 9.17) is 5.11 Å². The van der Waals surface area contributed by atoms with E-state index >= 15 is 0 Å². The van der Waals surface area contributed by atoms with E-state index in [1.165, 1.54) is 12.2 Å². The summed E-state index contributed by atoms with van der Waals surface area (Å²) in [5.74, 6) is -1.86. The molecule has 0 atom stereocenters. The van der Waals surface area contributed by atoms with Crippen molar-refractivity contribution in [1.82, 2.24) is 0 Å². The second-order valence-electron chi connectivity index (χ2n) is 3.22. The van der Waals surface area contributed by atoms with Crippen LogP contribution in [0.5, 0.6) is 0 Å². The number of carboxylic acids is 1. The topological polar surface area (TPSA) is 54.4 Å². The maximum atomic E-state index is 11.2. The monoisotopic (exact) mass is 228 g/mol. The highest BCUT2D eigenvalue weighted by Crippen LogP contribution is 2.03. The molecule has 86 valence electrons. The molecule has 1 rings (SSSR count). The summed E-state index contributed by atoms with van der Waals surface area (Å²) in [6.07, 6.45) is 5.50. The van der Waals surface area contributed by atoms with Gasteiger partial charge in [0.1, 0.15) is 5.57 Å². The summed E-state index contributed by atoms with van der Waals surface area (Å²) in [5, 5.41) is 8.80. The van der Waals surface area contributed by atoms with Gasteiger partial charge in [0.05, 0.1) is 0 Å². The smallest absolute Gasteiger partial charge is 0.339 e. The number of hydrogen-bond donors (Lipinski definition) is 1. The van der Waals surface area contributed by atoms with Crippen LogP contribution >= 0.6 is 0 Å². The number of ketones is 1. The standard InChI is InChI=1S/C14H12O3/c1-2-13(15)12(14(16)17)10-6-9-11-7-4-3-5-8-11/h2-10H,1H2,(H,16,17). The summed E-state index contributed by atoms with van der Waals surface area (Å²) in [6, 6.07) is 9.38. The Morgan fingerprint density at radius 2 is 1.82 bits per heavy atom. The van der Waals surface area contributed by atoms with Gasteiger partial charge >= 0.3 is 5.97 Å². The summed E-state index contributed by atoms with van der Waals surface area (Å²) >= 11 is 0. The molecular weight excluding hydrogens is 216 g/mol. The SMILES string of the molecule is C=CC(=O)C(=CC=Cc1ccccc1)C(=O)O. The van der Waals surface area contributed by atoms with Gasteiger partial charge in [0, 0.05) is 0 Å². The van der Waals surface area contributed by atoms with Crippen molar-refractivity contribution >= 4 is 17.8 Å². The Kier molecular flexibility index (Phi) is 4.63. The summed E-state index contributed by atoms with van der Waals surface area (Å²) in [7, 11) is 0. The molecule has 0 spiro atoms. The quantitative estimate of drug-likeness (QED) is 0.364. The molecule has 0 saturated heterocycles. The Bertz CT molecular complexity index is 481. The molecule has 0 aliphatic heterocycles. The number of carboxylic acid groups (broad SMARTS) is 1. The molecular formula is C14H12O3. The van der Waals surface area contributed by atoms with Gasteiger partial charge in [-0.05, 0) is 17.7 Å². The molecule has 0 bridgehead atoms. The summed E-state index contributed by atoms with van der Waals surface area (Å²) < 4.78 is 0. The maximum absolute atomic E-state index is 11.2.